The SMILES string of the molecule is COC[C@@H]1CNCC12CCCCC2. The highest BCUT2D eigenvalue weighted by molar-refractivity contribution is 4.96. The van der Waals surface area contributed by atoms with Gasteiger partial charge in [-0.3, -0.25) is 0 Å². The van der Waals surface area contributed by atoms with Crippen LogP contribution in [0.5, 0.6) is 0 Å². The van der Waals surface area contributed by atoms with Crippen LogP contribution in [0.4, 0.5) is 0 Å². The summed E-state index contributed by atoms with van der Waals surface area (Å²) in [5.41, 5.74) is 0.605. The fourth-order valence-electron chi connectivity index (χ4n) is 3.13. The second kappa shape index (κ2) is 3.97. The lowest BCUT2D eigenvalue weighted by Gasteiger charge is -2.37. The van der Waals surface area contributed by atoms with E-state index in [0.29, 0.717) is 5.41 Å². The molecule has 1 aliphatic heterocycles. The molecule has 2 rings (SSSR count). The molecule has 2 nitrogen and oxygen atoms in total. The Balaban J connectivity index is 2.00. The van der Waals surface area contributed by atoms with E-state index in [1.807, 2.05) is 7.11 Å². The molecular weight excluding hydrogens is 162 g/mol. The fraction of sp³-hybridized carbons (Fsp3) is 1.00. The lowest BCUT2D eigenvalue weighted by Crippen LogP contribution is -2.34. The minimum Gasteiger partial charge on any atom is -0.384 e. The second-order valence-corrected chi connectivity index (χ2v) is 4.71. The van der Waals surface area contributed by atoms with Crippen LogP contribution >= 0.6 is 0 Å². The van der Waals surface area contributed by atoms with Crippen molar-refractivity contribution in [1.82, 2.24) is 5.32 Å². The molecular formula is C11H21NO. The fourth-order valence-corrected chi connectivity index (χ4v) is 3.13. The van der Waals surface area contributed by atoms with Crippen molar-refractivity contribution >= 4 is 0 Å². The van der Waals surface area contributed by atoms with Crippen LogP contribution in [-0.2, 0) is 4.74 Å². The zero-order chi connectivity index (χ0) is 9.15. The van der Waals surface area contributed by atoms with E-state index in [-0.39, 0.29) is 0 Å². The van der Waals surface area contributed by atoms with Crippen molar-refractivity contribution in [3.05, 3.63) is 0 Å². The first-order chi connectivity index (χ1) is 6.37. The van der Waals surface area contributed by atoms with E-state index < -0.39 is 0 Å². The minimum absolute atomic E-state index is 0.605. The lowest BCUT2D eigenvalue weighted by molar-refractivity contribution is 0.0671. The van der Waals surface area contributed by atoms with Gasteiger partial charge in [0.2, 0.25) is 0 Å². The Morgan fingerprint density at radius 2 is 2.08 bits per heavy atom. The molecule has 1 aliphatic carbocycles. The molecule has 13 heavy (non-hydrogen) atoms. The van der Waals surface area contributed by atoms with Crippen molar-refractivity contribution in [2.75, 3.05) is 26.8 Å². The van der Waals surface area contributed by atoms with Crippen molar-refractivity contribution in [2.24, 2.45) is 11.3 Å². The average molecular weight is 183 g/mol. The Morgan fingerprint density at radius 1 is 1.31 bits per heavy atom. The zero-order valence-corrected chi connectivity index (χ0v) is 8.64. The molecule has 0 radical (unpaired) electrons. The third-order valence-corrected chi connectivity index (χ3v) is 3.95. The van der Waals surface area contributed by atoms with E-state index >= 15 is 0 Å². The molecule has 0 aromatic rings. The summed E-state index contributed by atoms with van der Waals surface area (Å²) in [6, 6.07) is 0. The van der Waals surface area contributed by atoms with E-state index in [0.717, 1.165) is 12.5 Å². The van der Waals surface area contributed by atoms with Crippen molar-refractivity contribution in [2.45, 2.75) is 32.1 Å². The Hall–Kier alpha value is -0.0800. The van der Waals surface area contributed by atoms with Crippen molar-refractivity contribution in [3.63, 3.8) is 0 Å². The monoisotopic (exact) mass is 183 g/mol. The maximum absolute atomic E-state index is 5.31. The molecule has 1 N–H and O–H groups in total. The van der Waals surface area contributed by atoms with Crippen LogP contribution in [0.2, 0.25) is 0 Å². The topological polar surface area (TPSA) is 21.3 Å². The van der Waals surface area contributed by atoms with Crippen LogP contribution in [0.1, 0.15) is 32.1 Å². The Morgan fingerprint density at radius 3 is 2.77 bits per heavy atom. The van der Waals surface area contributed by atoms with E-state index in [2.05, 4.69) is 5.32 Å². The lowest BCUT2D eigenvalue weighted by atomic mass is 9.68. The van der Waals surface area contributed by atoms with Crippen LogP contribution in [0.3, 0.4) is 0 Å². The summed E-state index contributed by atoms with van der Waals surface area (Å²) in [6.45, 7) is 3.36. The number of rotatable bonds is 2. The molecule has 1 heterocycles. The zero-order valence-electron chi connectivity index (χ0n) is 8.64. The van der Waals surface area contributed by atoms with Crippen LogP contribution < -0.4 is 5.32 Å². The predicted molar refractivity (Wildman–Crippen MR) is 53.8 cm³/mol. The van der Waals surface area contributed by atoms with Gasteiger partial charge in [0.25, 0.3) is 0 Å². The molecule has 0 unspecified atom stereocenters. The van der Waals surface area contributed by atoms with Gasteiger partial charge in [0.15, 0.2) is 0 Å². The maximum Gasteiger partial charge on any atom is 0.0508 e. The minimum atomic E-state index is 0.605. The standard InChI is InChI=1S/C11H21NO/c1-13-8-10-7-12-9-11(10)5-3-2-4-6-11/h10,12H,2-9H2,1H3/t10-/m0/s1. The van der Waals surface area contributed by atoms with Gasteiger partial charge in [-0.15, -0.1) is 0 Å². The summed E-state index contributed by atoms with van der Waals surface area (Å²) >= 11 is 0. The second-order valence-electron chi connectivity index (χ2n) is 4.71. The van der Waals surface area contributed by atoms with Gasteiger partial charge in [0, 0.05) is 26.1 Å². The molecule has 1 atom stereocenters. The number of methoxy groups -OCH3 is 1. The highest BCUT2D eigenvalue weighted by Gasteiger charge is 2.42. The summed E-state index contributed by atoms with van der Waals surface area (Å²) in [6.07, 6.45) is 7.16. The average Bonchev–Trinajstić information content (AvgIpc) is 2.52. The molecule has 0 bridgehead atoms. The number of hydrogen-bond acceptors (Lipinski definition) is 2. The summed E-state index contributed by atoms with van der Waals surface area (Å²) in [5, 5.41) is 3.54. The van der Waals surface area contributed by atoms with E-state index in [4.69, 9.17) is 4.74 Å². The molecule has 2 heteroatoms. The molecule has 1 spiro atoms. The maximum atomic E-state index is 5.31. The van der Waals surface area contributed by atoms with Crippen molar-refractivity contribution < 1.29 is 4.74 Å². The molecule has 76 valence electrons. The van der Waals surface area contributed by atoms with E-state index in [1.54, 1.807) is 0 Å². The Bertz CT molecular complexity index is 163. The normalized spacial score (nSPS) is 32.5. The van der Waals surface area contributed by atoms with Crippen LogP contribution in [0.15, 0.2) is 0 Å². The predicted octanol–water partition coefficient (Wildman–Crippen LogP) is 1.80. The third kappa shape index (κ3) is 1.75. The third-order valence-electron chi connectivity index (χ3n) is 3.95. The van der Waals surface area contributed by atoms with Gasteiger partial charge in [0.1, 0.15) is 0 Å². The van der Waals surface area contributed by atoms with Crippen molar-refractivity contribution in [3.8, 4) is 0 Å². The molecule has 2 fully saturated rings. The highest BCUT2D eigenvalue weighted by Crippen LogP contribution is 2.44. The molecule has 1 saturated heterocycles. The van der Waals surface area contributed by atoms with Gasteiger partial charge in [-0.2, -0.15) is 0 Å². The number of ether oxygens (including phenoxy) is 1. The Kier molecular flexibility index (Phi) is 2.89. The first kappa shape index (κ1) is 9.47. The molecule has 1 saturated carbocycles. The van der Waals surface area contributed by atoms with Crippen molar-refractivity contribution in [1.29, 1.82) is 0 Å². The van der Waals surface area contributed by atoms with Gasteiger partial charge in [-0.1, -0.05) is 19.3 Å². The summed E-state index contributed by atoms with van der Waals surface area (Å²) < 4.78 is 5.31. The van der Waals surface area contributed by atoms with Gasteiger partial charge in [-0.05, 0) is 18.3 Å². The summed E-state index contributed by atoms with van der Waals surface area (Å²) in [4.78, 5) is 0. The quantitative estimate of drug-likeness (QED) is 0.705. The van der Waals surface area contributed by atoms with Gasteiger partial charge >= 0.3 is 0 Å². The van der Waals surface area contributed by atoms with E-state index in [9.17, 15) is 0 Å². The highest BCUT2D eigenvalue weighted by atomic mass is 16.5. The summed E-state index contributed by atoms with van der Waals surface area (Å²) in [7, 11) is 1.83. The van der Waals surface area contributed by atoms with Gasteiger partial charge in [0.05, 0.1) is 6.61 Å². The first-order valence-electron chi connectivity index (χ1n) is 5.57. The van der Waals surface area contributed by atoms with Crippen LogP contribution in [-0.4, -0.2) is 26.8 Å². The van der Waals surface area contributed by atoms with Gasteiger partial charge in [-0.25, -0.2) is 0 Å². The van der Waals surface area contributed by atoms with Crippen LogP contribution in [0, 0.1) is 11.3 Å². The van der Waals surface area contributed by atoms with E-state index in [1.165, 1.54) is 45.2 Å². The molecule has 2 aliphatic rings. The Labute approximate surface area is 81.0 Å². The van der Waals surface area contributed by atoms with Gasteiger partial charge < -0.3 is 10.1 Å². The summed E-state index contributed by atoms with van der Waals surface area (Å²) in [5.74, 6) is 0.776. The molecule has 0 aromatic carbocycles. The van der Waals surface area contributed by atoms with Crippen LogP contribution in [0.25, 0.3) is 0 Å². The number of nitrogens with one attached hydrogen (secondary N) is 1. The number of hydrogen-bond donors (Lipinski definition) is 1. The first-order valence-corrected chi connectivity index (χ1v) is 5.57. The molecule has 0 amide bonds. The smallest absolute Gasteiger partial charge is 0.0508 e. The molecule has 0 aromatic heterocycles. The largest absolute Gasteiger partial charge is 0.384 e.